The van der Waals surface area contributed by atoms with Crippen molar-refractivity contribution >= 4 is 28.5 Å². The number of carboxylic acid groups (broad SMARTS) is 1. The van der Waals surface area contributed by atoms with Gasteiger partial charge in [0.05, 0.1) is 10.8 Å². The van der Waals surface area contributed by atoms with Crippen molar-refractivity contribution in [2.45, 2.75) is 19.3 Å². The predicted molar refractivity (Wildman–Crippen MR) is 88.3 cm³/mol. The average Bonchev–Trinajstić information content (AvgIpc) is 3.11. The molecule has 2 aromatic rings. The Morgan fingerprint density at radius 1 is 1.32 bits per heavy atom. The zero-order valence-electron chi connectivity index (χ0n) is 13.4. The number of likely N-dealkylation sites (tertiary alicyclic amines) is 1. The number of aromatic amines is 1. The van der Waals surface area contributed by atoms with Crippen LogP contribution in [0.4, 0.5) is 5.69 Å². The third-order valence-corrected chi connectivity index (χ3v) is 5.60. The second-order valence-corrected chi connectivity index (χ2v) is 6.93. The number of carbonyl (C=O) groups excluding carboxylic acids is 1. The van der Waals surface area contributed by atoms with Crippen molar-refractivity contribution in [3.63, 3.8) is 0 Å². The second-order valence-electron chi connectivity index (χ2n) is 6.93. The Morgan fingerprint density at radius 2 is 2.04 bits per heavy atom. The summed E-state index contributed by atoms with van der Waals surface area (Å²) in [7, 11) is 0. The van der Waals surface area contributed by atoms with Crippen molar-refractivity contribution in [3.05, 3.63) is 40.1 Å². The zero-order chi connectivity index (χ0) is 17.8. The highest BCUT2D eigenvalue weighted by molar-refractivity contribution is 6.00. The maximum absolute atomic E-state index is 12.7. The molecule has 4 rings (SSSR count). The number of hydrogen-bond acceptors (Lipinski definition) is 4. The lowest BCUT2D eigenvalue weighted by atomic mass is 9.90. The number of aliphatic carboxylic acids is 1. The molecular formula is C17H17N3O5. The predicted octanol–water partition coefficient (Wildman–Crippen LogP) is 2.40. The van der Waals surface area contributed by atoms with Gasteiger partial charge in [-0.15, -0.1) is 0 Å². The molecule has 1 saturated heterocycles. The molecule has 8 nitrogen and oxygen atoms in total. The van der Waals surface area contributed by atoms with Crippen LogP contribution in [0, 0.1) is 21.4 Å². The first-order valence-electron chi connectivity index (χ1n) is 8.19. The molecule has 8 heteroatoms. The Kier molecular flexibility index (Phi) is 3.31. The quantitative estimate of drug-likeness (QED) is 0.655. The Balaban J connectivity index is 1.53. The first-order valence-corrected chi connectivity index (χ1v) is 8.19. The van der Waals surface area contributed by atoms with Gasteiger partial charge in [0.15, 0.2) is 0 Å². The molecule has 2 aliphatic rings. The number of nitrogens with one attached hydrogen (secondary N) is 1. The van der Waals surface area contributed by atoms with Gasteiger partial charge in [0.25, 0.3) is 11.6 Å². The standard InChI is InChI=1S/C17H17N3O5/c21-15(19-6-4-17(5-7-19)9-11(17)16(22)23)12-8-10-2-1-3-13(20(24)25)14(10)18-12/h1-3,8,11,18H,4-7,9H2,(H,22,23). The maximum atomic E-state index is 12.7. The van der Waals surface area contributed by atoms with E-state index in [1.807, 2.05) is 0 Å². The normalized spacial score (nSPS) is 21.4. The van der Waals surface area contributed by atoms with Gasteiger partial charge in [-0.05, 0) is 30.7 Å². The summed E-state index contributed by atoms with van der Waals surface area (Å²) in [4.78, 5) is 39.0. The topological polar surface area (TPSA) is 117 Å². The van der Waals surface area contributed by atoms with Gasteiger partial charge in [0, 0.05) is 24.5 Å². The van der Waals surface area contributed by atoms with Crippen molar-refractivity contribution in [2.75, 3.05) is 13.1 Å². The molecule has 1 spiro atoms. The van der Waals surface area contributed by atoms with Crippen LogP contribution in [0.3, 0.4) is 0 Å². The lowest BCUT2D eigenvalue weighted by Gasteiger charge is -2.32. The fraction of sp³-hybridized carbons (Fsp3) is 0.412. The smallest absolute Gasteiger partial charge is 0.307 e. The third-order valence-electron chi connectivity index (χ3n) is 5.60. The molecule has 1 atom stereocenters. The van der Waals surface area contributed by atoms with Crippen molar-refractivity contribution in [1.29, 1.82) is 0 Å². The van der Waals surface area contributed by atoms with Gasteiger partial charge in [-0.25, -0.2) is 0 Å². The van der Waals surface area contributed by atoms with Crippen LogP contribution in [0.1, 0.15) is 29.8 Å². The highest BCUT2D eigenvalue weighted by atomic mass is 16.6. The van der Waals surface area contributed by atoms with E-state index in [4.69, 9.17) is 5.11 Å². The van der Waals surface area contributed by atoms with E-state index in [0.29, 0.717) is 48.9 Å². The molecule has 1 aliphatic heterocycles. The van der Waals surface area contributed by atoms with Gasteiger partial charge in [0.1, 0.15) is 11.2 Å². The minimum atomic E-state index is -0.747. The van der Waals surface area contributed by atoms with Crippen LogP contribution in [0.2, 0.25) is 0 Å². The van der Waals surface area contributed by atoms with Gasteiger partial charge in [-0.1, -0.05) is 12.1 Å². The molecule has 1 saturated carbocycles. The van der Waals surface area contributed by atoms with Gasteiger partial charge in [-0.3, -0.25) is 19.7 Å². The Hall–Kier alpha value is -2.90. The summed E-state index contributed by atoms with van der Waals surface area (Å²) in [5.41, 5.74) is 0.474. The number of rotatable bonds is 3. The Labute approximate surface area is 142 Å². The number of aromatic nitrogens is 1. The molecule has 1 aromatic heterocycles. The molecule has 1 aliphatic carbocycles. The summed E-state index contributed by atoms with van der Waals surface area (Å²) in [6.45, 7) is 1.03. The number of nitrogens with zero attached hydrogens (tertiary/aromatic N) is 2. The van der Waals surface area contributed by atoms with Crippen molar-refractivity contribution in [1.82, 2.24) is 9.88 Å². The number of carboxylic acids is 1. The molecule has 0 bridgehead atoms. The van der Waals surface area contributed by atoms with Crippen molar-refractivity contribution in [2.24, 2.45) is 11.3 Å². The first kappa shape index (κ1) is 15.6. The van der Waals surface area contributed by atoms with Gasteiger partial charge in [0.2, 0.25) is 0 Å². The highest BCUT2D eigenvalue weighted by Gasteiger charge is 2.59. The van der Waals surface area contributed by atoms with Gasteiger partial charge in [-0.2, -0.15) is 0 Å². The van der Waals surface area contributed by atoms with E-state index in [2.05, 4.69) is 4.98 Å². The summed E-state index contributed by atoms with van der Waals surface area (Å²) in [5, 5.41) is 20.9. The van der Waals surface area contributed by atoms with E-state index < -0.39 is 10.9 Å². The van der Waals surface area contributed by atoms with E-state index in [9.17, 15) is 19.7 Å². The number of benzene rings is 1. The van der Waals surface area contributed by atoms with Crippen molar-refractivity contribution < 1.29 is 19.6 Å². The number of nitro groups is 1. The highest BCUT2D eigenvalue weighted by Crippen LogP contribution is 2.59. The third kappa shape index (κ3) is 2.45. The molecule has 2 N–H and O–H groups in total. The second kappa shape index (κ2) is 5.30. The van der Waals surface area contributed by atoms with Crippen LogP contribution < -0.4 is 0 Å². The fourth-order valence-electron chi connectivity index (χ4n) is 3.98. The van der Waals surface area contributed by atoms with Crippen molar-refractivity contribution in [3.8, 4) is 0 Å². The van der Waals surface area contributed by atoms with E-state index >= 15 is 0 Å². The molecule has 2 heterocycles. The van der Waals surface area contributed by atoms with Crippen LogP contribution in [-0.4, -0.2) is 44.9 Å². The number of carbonyl (C=O) groups is 2. The van der Waals surface area contributed by atoms with Crippen LogP contribution in [0.5, 0.6) is 0 Å². The fourth-order valence-corrected chi connectivity index (χ4v) is 3.98. The summed E-state index contributed by atoms with van der Waals surface area (Å²) in [6, 6.07) is 6.35. The molecule has 25 heavy (non-hydrogen) atoms. The summed E-state index contributed by atoms with van der Waals surface area (Å²) in [6.07, 6.45) is 2.08. The Bertz CT molecular complexity index is 895. The molecule has 1 unspecified atom stereocenters. The lowest BCUT2D eigenvalue weighted by Crippen LogP contribution is -2.40. The monoisotopic (exact) mass is 343 g/mol. The average molecular weight is 343 g/mol. The molecule has 1 amide bonds. The number of nitro benzene ring substituents is 1. The van der Waals surface area contributed by atoms with Gasteiger partial charge < -0.3 is 15.0 Å². The molecular weight excluding hydrogens is 326 g/mol. The SMILES string of the molecule is O=C(O)C1CC12CCN(C(=O)c1cc3cccc([N+](=O)[O-])c3[nH]1)CC2. The Morgan fingerprint density at radius 3 is 2.64 bits per heavy atom. The summed E-state index contributed by atoms with van der Waals surface area (Å²) < 4.78 is 0. The number of fused-ring (bicyclic) bond motifs is 1. The molecule has 130 valence electrons. The van der Waals surface area contributed by atoms with Crippen LogP contribution >= 0.6 is 0 Å². The number of hydrogen-bond donors (Lipinski definition) is 2. The first-order chi connectivity index (χ1) is 11.9. The summed E-state index contributed by atoms with van der Waals surface area (Å²) >= 11 is 0. The molecule has 0 radical (unpaired) electrons. The maximum Gasteiger partial charge on any atom is 0.307 e. The number of H-pyrrole nitrogens is 1. The van der Waals surface area contributed by atoms with Gasteiger partial charge >= 0.3 is 5.97 Å². The van der Waals surface area contributed by atoms with E-state index in [1.54, 1.807) is 23.1 Å². The van der Waals surface area contributed by atoms with Crippen LogP contribution in [-0.2, 0) is 4.79 Å². The minimum absolute atomic E-state index is 0.0589. The molecule has 2 fully saturated rings. The number of amides is 1. The van der Waals surface area contributed by atoms with E-state index in [0.717, 1.165) is 0 Å². The number of non-ortho nitro benzene ring substituents is 1. The number of para-hydroxylation sites is 1. The summed E-state index contributed by atoms with van der Waals surface area (Å²) in [5.74, 6) is -1.23. The van der Waals surface area contributed by atoms with E-state index in [-0.39, 0.29) is 22.9 Å². The largest absolute Gasteiger partial charge is 0.481 e. The zero-order valence-corrected chi connectivity index (χ0v) is 13.4. The number of piperidine rings is 1. The van der Waals surface area contributed by atoms with E-state index in [1.165, 1.54) is 6.07 Å². The molecule has 1 aromatic carbocycles. The van der Waals surface area contributed by atoms with Crippen LogP contribution in [0.25, 0.3) is 10.9 Å². The lowest BCUT2D eigenvalue weighted by molar-refractivity contribution is -0.383. The van der Waals surface area contributed by atoms with Crippen LogP contribution in [0.15, 0.2) is 24.3 Å². The minimum Gasteiger partial charge on any atom is -0.481 e.